The summed E-state index contributed by atoms with van der Waals surface area (Å²) in [6, 6.07) is 7.82. The van der Waals surface area contributed by atoms with Gasteiger partial charge in [0.05, 0.1) is 5.56 Å². The van der Waals surface area contributed by atoms with E-state index in [9.17, 15) is 14.4 Å². The minimum Gasteiger partial charge on any atom is -0.366 e. The topological polar surface area (TPSA) is 115 Å². The van der Waals surface area contributed by atoms with Crippen LogP contribution in [0.2, 0.25) is 0 Å². The second-order valence-corrected chi connectivity index (χ2v) is 5.45. The number of aldehydes is 1. The molecule has 6 nitrogen and oxygen atoms in total. The predicted molar refractivity (Wildman–Crippen MR) is 86.8 cm³/mol. The van der Waals surface area contributed by atoms with E-state index >= 15 is 0 Å². The Labute approximate surface area is 130 Å². The van der Waals surface area contributed by atoms with E-state index in [0.717, 1.165) is 16.7 Å². The molecule has 3 amide bonds. The van der Waals surface area contributed by atoms with Gasteiger partial charge in [0.1, 0.15) is 11.3 Å². The zero-order valence-electron chi connectivity index (χ0n) is 11.4. The minimum atomic E-state index is -0.760. The Morgan fingerprint density at radius 2 is 1.68 bits per heavy atom. The minimum absolute atomic E-state index is 0.208. The lowest BCUT2D eigenvalue weighted by molar-refractivity contribution is 0.100. The third kappa shape index (κ3) is 3.80. The molecule has 0 spiro atoms. The van der Waals surface area contributed by atoms with Gasteiger partial charge in [-0.05, 0) is 17.7 Å². The molecule has 22 heavy (non-hydrogen) atoms. The van der Waals surface area contributed by atoms with Crippen molar-refractivity contribution in [3.8, 4) is 0 Å². The van der Waals surface area contributed by atoms with Crippen LogP contribution in [-0.4, -0.2) is 18.2 Å². The lowest BCUT2D eigenvalue weighted by Gasteiger charge is -1.98. The van der Waals surface area contributed by atoms with Gasteiger partial charge >= 0.3 is 6.03 Å². The van der Waals surface area contributed by atoms with Gasteiger partial charge in [-0.25, -0.2) is 4.79 Å². The molecule has 0 saturated carbocycles. The SMILES string of the molecule is NC(=O)Nc1sc(C=Cc2ccc(C=O)cc2)cc1C(N)=O. The average Bonchev–Trinajstić information content (AvgIpc) is 2.88. The number of urea groups is 1. The molecule has 2 rings (SSSR count). The molecule has 1 heterocycles. The number of hydrogen-bond acceptors (Lipinski definition) is 4. The highest BCUT2D eigenvalue weighted by Crippen LogP contribution is 2.29. The van der Waals surface area contributed by atoms with Gasteiger partial charge < -0.3 is 11.5 Å². The third-order valence-electron chi connectivity index (χ3n) is 2.77. The van der Waals surface area contributed by atoms with Gasteiger partial charge in [-0.2, -0.15) is 0 Å². The van der Waals surface area contributed by atoms with Crippen LogP contribution in [0.4, 0.5) is 9.80 Å². The van der Waals surface area contributed by atoms with E-state index in [1.165, 1.54) is 11.3 Å². The van der Waals surface area contributed by atoms with Gasteiger partial charge in [0.25, 0.3) is 5.91 Å². The fourth-order valence-corrected chi connectivity index (χ4v) is 2.71. The number of primary amides is 2. The zero-order chi connectivity index (χ0) is 16.1. The van der Waals surface area contributed by atoms with E-state index in [1.54, 1.807) is 36.4 Å². The van der Waals surface area contributed by atoms with Gasteiger partial charge in [-0.3, -0.25) is 14.9 Å². The van der Waals surface area contributed by atoms with Gasteiger partial charge in [0.15, 0.2) is 0 Å². The highest BCUT2D eigenvalue weighted by molar-refractivity contribution is 7.17. The van der Waals surface area contributed by atoms with Crippen molar-refractivity contribution in [2.24, 2.45) is 11.5 Å². The molecule has 112 valence electrons. The van der Waals surface area contributed by atoms with Crippen molar-refractivity contribution < 1.29 is 14.4 Å². The highest BCUT2D eigenvalue weighted by Gasteiger charge is 2.13. The van der Waals surface area contributed by atoms with Crippen LogP contribution in [0.1, 0.15) is 31.2 Å². The molecular weight excluding hydrogens is 302 g/mol. The number of nitrogens with one attached hydrogen (secondary N) is 1. The predicted octanol–water partition coefficient (Wildman–Crippen LogP) is 2.32. The number of carbonyl (C=O) groups is 3. The van der Waals surface area contributed by atoms with E-state index in [2.05, 4.69) is 5.32 Å². The Bertz CT molecular complexity index is 748. The summed E-state index contributed by atoms with van der Waals surface area (Å²) in [5.41, 5.74) is 12.0. The van der Waals surface area contributed by atoms with Crippen LogP contribution in [-0.2, 0) is 0 Å². The van der Waals surface area contributed by atoms with Crippen molar-refractivity contribution in [1.82, 2.24) is 0 Å². The molecule has 5 N–H and O–H groups in total. The number of nitrogens with two attached hydrogens (primary N) is 2. The van der Waals surface area contributed by atoms with Crippen molar-refractivity contribution in [3.05, 3.63) is 51.9 Å². The summed E-state index contributed by atoms with van der Waals surface area (Å²) in [6.45, 7) is 0. The first-order valence-electron chi connectivity index (χ1n) is 6.23. The van der Waals surface area contributed by atoms with E-state index in [4.69, 9.17) is 11.5 Å². The van der Waals surface area contributed by atoms with Crippen LogP contribution in [0.15, 0.2) is 30.3 Å². The van der Waals surface area contributed by atoms with Crippen molar-refractivity contribution in [1.29, 1.82) is 0 Å². The quantitative estimate of drug-likeness (QED) is 0.735. The maximum Gasteiger partial charge on any atom is 0.317 e. The molecule has 1 aromatic heterocycles. The van der Waals surface area contributed by atoms with E-state index in [-0.39, 0.29) is 5.56 Å². The van der Waals surface area contributed by atoms with Crippen molar-refractivity contribution >= 4 is 46.7 Å². The van der Waals surface area contributed by atoms with Crippen molar-refractivity contribution in [2.75, 3.05) is 5.32 Å². The number of rotatable bonds is 5. The van der Waals surface area contributed by atoms with Gasteiger partial charge in [-0.15, -0.1) is 11.3 Å². The van der Waals surface area contributed by atoms with Crippen LogP contribution < -0.4 is 16.8 Å². The summed E-state index contributed by atoms with van der Waals surface area (Å²) in [5, 5.41) is 2.69. The molecular formula is C15H13N3O3S. The number of amides is 3. The smallest absolute Gasteiger partial charge is 0.317 e. The lowest BCUT2D eigenvalue weighted by Crippen LogP contribution is -2.21. The fourth-order valence-electron chi connectivity index (χ4n) is 1.74. The number of anilines is 1. The molecule has 0 fully saturated rings. The molecule has 0 aliphatic rings. The summed E-state index contributed by atoms with van der Waals surface area (Å²) in [7, 11) is 0. The number of thiophene rings is 1. The largest absolute Gasteiger partial charge is 0.366 e. The molecule has 0 saturated heterocycles. The van der Waals surface area contributed by atoms with Crippen LogP contribution >= 0.6 is 11.3 Å². The van der Waals surface area contributed by atoms with Crippen LogP contribution in [0, 0.1) is 0 Å². The standard InChI is InChI=1S/C15H13N3O3S/c16-13(20)12-7-11(22-14(12)18-15(17)21)6-5-9-1-3-10(8-19)4-2-9/h1-8H,(H2,16,20)(H3,17,18,21). The normalized spacial score (nSPS) is 10.5. The lowest BCUT2D eigenvalue weighted by atomic mass is 10.1. The molecule has 0 aliphatic heterocycles. The maximum atomic E-state index is 11.3. The van der Waals surface area contributed by atoms with Crippen molar-refractivity contribution in [3.63, 3.8) is 0 Å². The molecule has 0 bridgehead atoms. The van der Waals surface area contributed by atoms with Gasteiger partial charge in [0.2, 0.25) is 0 Å². The average molecular weight is 315 g/mol. The summed E-state index contributed by atoms with van der Waals surface area (Å²) in [6.07, 6.45) is 4.37. The first kappa shape index (κ1) is 15.5. The third-order valence-corrected chi connectivity index (χ3v) is 3.78. The Morgan fingerprint density at radius 1 is 1.05 bits per heavy atom. The summed E-state index contributed by atoms with van der Waals surface area (Å²) in [4.78, 5) is 33.6. The Morgan fingerprint density at radius 3 is 2.23 bits per heavy atom. The van der Waals surface area contributed by atoms with Crippen molar-refractivity contribution in [2.45, 2.75) is 0 Å². The first-order valence-corrected chi connectivity index (χ1v) is 7.04. The number of hydrogen-bond donors (Lipinski definition) is 3. The molecule has 7 heteroatoms. The second-order valence-electron chi connectivity index (χ2n) is 4.36. The van der Waals surface area contributed by atoms with Gasteiger partial charge in [-0.1, -0.05) is 30.3 Å². The zero-order valence-corrected chi connectivity index (χ0v) is 12.2. The molecule has 0 aliphatic carbocycles. The van der Waals surface area contributed by atoms with E-state index in [0.29, 0.717) is 10.6 Å². The molecule has 0 unspecified atom stereocenters. The molecule has 1 aromatic carbocycles. The van der Waals surface area contributed by atoms with E-state index in [1.807, 2.05) is 6.08 Å². The number of benzene rings is 1. The summed E-state index contributed by atoms with van der Waals surface area (Å²) >= 11 is 1.19. The van der Waals surface area contributed by atoms with Crippen LogP contribution in [0.3, 0.4) is 0 Å². The monoisotopic (exact) mass is 315 g/mol. The van der Waals surface area contributed by atoms with Crippen LogP contribution in [0.5, 0.6) is 0 Å². The molecule has 0 radical (unpaired) electrons. The highest BCUT2D eigenvalue weighted by atomic mass is 32.1. The second kappa shape index (κ2) is 6.68. The van der Waals surface area contributed by atoms with E-state index < -0.39 is 11.9 Å². The summed E-state index contributed by atoms with van der Waals surface area (Å²) < 4.78 is 0. The molecule has 0 atom stereocenters. The maximum absolute atomic E-state index is 11.3. The Hall–Kier alpha value is -2.93. The first-order chi connectivity index (χ1) is 10.5. The van der Waals surface area contributed by atoms with Crippen LogP contribution in [0.25, 0.3) is 12.2 Å². The Kier molecular flexibility index (Phi) is 4.70. The number of carbonyl (C=O) groups excluding carboxylic acids is 3. The Balaban J connectivity index is 2.24. The fraction of sp³-hybridized carbons (Fsp3) is 0. The van der Waals surface area contributed by atoms with Gasteiger partial charge in [0, 0.05) is 10.4 Å². The summed E-state index contributed by atoms with van der Waals surface area (Å²) in [5.74, 6) is -0.644. The molecule has 2 aromatic rings.